The smallest absolute Gasteiger partial charge is 0.0320 e. The van der Waals surface area contributed by atoms with Crippen molar-refractivity contribution in [1.29, 1.82) is 0 Å². The number of benzene rings is 1. The van der Waals surface area contributed by atoms with Crippen LogP contribution in [0.3, 0.4) is 0 Å². The second-order valence-corrected chi connectivity index (χ2v) is 6.33. The zero-order valence-electron chi connectivity index (χ0n) is 13.3. The summed E-state index contributed by atoms with van der Waals surface area (Å²) in [6.07, 6.45) is 11.0. The van der Waals surface area contributed by atoms with Crippen molar-refractivity contribution < 1.29 is 0 Å². The summed E-state index contributed by atoms with van der Waals surface area (Å²) in [4.78, 5) is 0. The van der Waals surface area contributed by atoms with E-state index in [0.29, 0.717) is 6.04 Å². The molecule has 1 aromatic carbocycles. The topological polar surface area (TPSA) is 12.0 Å². The molecule has 0 aromatic heterocycles. The van der Waals surface area contributed by atoms with Crippen LogP contribution in [0.1, 0.15) is 76.0 Å². The van der Waals surface area contributed by atoms with E-state index in [4.69, 9.17) is 0 Å². The van der Waals surface area contributed by atoms with Gasteiger partial charge in [0.05, 0.1) is 0 Å². The maximum atomic E-state index is 3.69. The quantitative estimate of drug-likeness (QED) is 0.681. The molecule has 0 heterocycles. The Labute approximate surface area is 125 Å². The van der Waals surface area contributed by atoms with E-state index in [2.05, 4.69) is 43.4 Å². The Kier molecular flexibility index (Phi) is 6.59. The van der Waals surface area contributed by atoms with Crippen LogP contribution in [-0.4, -0.2) is 6.54 Å². The number of hydrogen-bond donors (Lipinski definition) is 1. The molecule has 0 amide bonds. The van der Waals surface area contributed by atoms with Crippen molar-refractivity contribution in [3.63, 3.8) is 0 Å². The minimum absolute atomic E-state index is 0.553. The van der Waals surface area contributed by atoms with E-state index in [-0.39, 0.29) is 0 Å². The van der Waals surface area contributed by atoms with Crippen molar-refractivity contribution in [2.45, 2.75) is 71.3 Å². The van der Waals surface area contributed by atoms with Crippen LogP contribution >= 0.6 is 0 Å². The number of rotatable bonds is 8. The van der Waals surface area contributed by atoms with Crippen LogP contribution in [0.25, 0.3) is 0 Å². The first kappa shape index (κ1) is 15.6. The summed E-state index contributed by atoms with van der Waals surface area (Å²) < 4.78 is 0. The van der Waals surface area contributed by atoms with E-state index in [1.54, 1.807) is 0 Å². The van der Waals surface area contributed by atoms with Gasteiger partial charge >= 0.3 is 0 Å². The number of aryl methyl sites for hydroxylation is 1. The highest BCUT2D eigenvalue weighted by Gasteiger charge is 2.18. The van der Waals surface area contributed by atoms with Gasteiger partial charge in [-0.2, -0.15) is 0 Å². The van der Waals surface area contributed by atoms with Gasteiger partial charge in [0.1, 0.15) is 0 Å². The van der Waals surface area contributed by atoms with Crippen LogP contribution in [0, 0.1) is 5.92 Å². The first-order valence-corrected chi connectivity index (χ1v) is 8.65. The monoisotopic (exact) mass is 273 g/mol. The Morgan fingerprint density at radius 1 is 1.20 bits per heavy atom. The third-order valence-corrected chi connectivity index (χ3v) is 4.68. The summed E-state index contributed by atoms with van der Waals surface area (Å²) >= 11 is 0. The summed E-state index contributed by atoms with van der Waals surface area (Å²) in [5, 5.41) is 3.69. The van der Waals surface area contributed by atoms with Gasteiger partial charge in [0.25, 0.3) is 0 Å². The van der Waals surface area contributed by atoms with Gasteiger partial charge in [0, 0.05) is 6.04 Å². The molecule has 1 nitrogen and oxygen atoms in total. The van der Waals surface area contributed by atoms with Crippen molar-refractivity contribution in [3.8, 4) is 0 Å². The first-order chi connectivity index (χ1) is 9.83. The predicted octanol–water partition coefficient (Wildman–Crippen LogP) is 5.26. The Hall–Kier alpha value is -0.820. The Balaban J connectivity index is 1.96. The van der Waals surface area contributed by atoms with Gasteiger partial charge in [-0.25, -0.2) is 0 Å². The summed E-state index contributed by atoms with van der Waals surface area (Å²) in [5.74, 6) is 0.995. The van der Waals surface area contributed by atoms with Crippen molar-refractivity contribution in [3.05, 3.63) is 35.4 Å². The molecule has 1 aromatic rings. The lowest BCUT2D eigenvalue weighted by Crippen LogP contribution is -2.21. The molecule has 0 radical (unpaired) electrons. The molecule has 0 bridgehead atoms. The van der Waals surface area contributed by atoms with Gasteiger partial charge in [-0.1, -0.05) is 70.2 Å². The molecule has 20 heavy (non-hydrogen) atoms. The van der Waals surface area contributed by atoms with Crippen LogP contribution in [-0.2, 0) is 6.42 Å². The van der Waals surface area contributed by atoms with Crippen molar-refractivity contribution in [1.82, 2.24) is 5.32 Å². The van der Waals surface area contributed by atoms with Crippen LogP contribution in [0.4, 0.5) is 0 Å². The normalized spacial score (nSPS) is 17.5. The molecule has 1 aliphatic carbocycles. The summed E-state index contributed by atoms with van der Waals surface area (Å²) in [5.41, 5.74) is 2.99. The minimum Gasteiger partial charge on any atom is -0.310 e. The second kappa shape index (κ2) is 8.46. The molecule has 1 N–H and O–H groups in total. The highest BCUT2D eigenvalue weighted by molar-refractivity contribution is 5.26. The zero-order valence-corrected chi connectivity index (χ0v) is 13.3. The average Bonchev–Trinajstić information content (AvgIpc) is 2.97. The molecule has 1 fully saturated rings. The van der Waals surface area contributed by atoms with Crippen LogP contribution < -0.4 is 5.32 Å². The largest absolute Gasteiger partial charge is 0.310 e. The maximum absolute atomic E-state index is 3.69. The third kappa shape index (κ3) is 4.63. The Bertz CT molecular complexity index is 379. The SMILES string of the molecule is CCCc1cccc(C(CCC2CCCC2)NCC)c1. The lowest BCUT2D eigenvalue weighted by molar-refractivity contribution is 0.416. The van der Waals surface area contributed by atoms with Crippen LogP contribution in [0.2, 0.25) is 0 Å². The highest BCUT2D eigenvalue weighted by Crippen LogP contribution is 2.31. The highest BCUT2D eigenvalue weighted by atomic mass is 14.9. The van der Waals surface area contributed by atoms with Crippen molar-refractivity contribution >= 4 is 0 Å². The standard InChI is InChI=1S/C19H31N/c1-3-8-17-11-7-12-18(15-17)19(20-4-2)14-13-16-9-5-6-10-16/h7,11-12,15-16,19-20H,3-6,8-10,13-14H2,1-2H3. The molecule has 1 saturated carbocycles. The fourth-order valence-corrected chi connectivity index (χ4v) is 3.59. The van der Waals surface area contributed by atoms with Gasteiger partial charge in [-0.15, -0.1) is 0 Å². The molecular formula is C19H31N. The third-order valence-electron chi connectivity index (χ3n) is 4.68. The molecule has 112 valence electrons. The lowest BCUT2D eigenvalue weighted by Gasteiger charge is -2.21. The summed E-state index contributed by atoms with van der Waals surface area (Å²) in [6.45, 7) is 5.54. The van der Waals surface area contributed by atoms with Gasteiger partial charge in [-0.3, -0.25) is 0 Å². The van der Waals surface area contributed by atoms with Crippen molar-refractivity contribution in [2.75, 3.05) is 6.54 Å². The Morgan fingerprint density at radius 2 is 2.00 bits per heavy atom. The van der Waals surface area contributed by atoms with E-state index in [1.807, 2.05) is 0 Å². The average molecular weight is 273 g/mol. The fourth-order valence-electron chi connectivity index (χ4n) is 3.59. The molecule has 1 atom stereocenters. The molecular weight excluding hydrogens is 242 g/mol. The van der Waals surface area contributed by atoms with Gasteiger partial charge < -0.3 is 5.32 Å². The molecule has 0 aliphatic heterocycles. The molecule has 1 aliphatic rings. The molecule has 0 saturated heterocycles. The van der Waals surface area contributed by atoms with E-state index >= 15 is 0 Å². The summed E-state index contributed by atoms with van der Waals surface area (Å²) in [6, 6.07) is 9.79. The molecule has 1 heteroatoms. The second-order valence-electron chi connectivity index (χ2n) is 6.33. The van der Waals surface area contributed by atoms with Gasteiger partial charge in [0.2, 0.25) is 0 Å². The van der Waals surface area contributed by atoms with Crippen LogP contribution in [0.5, 0.6) is 0 Å². The molecule has 0 spiro atoms. The molecule has 1 unspecified atom stereocenters. The molecule has 2 rings (SSSR count). The van der Waals surface area contributed by atoms with E-state index in [0.717, 1.165) is 12.5 Å². The number of nitrogens with one attached hydrogen (secondary N) is 1. The van der Waals surface area contributed by atoms with Crippen molar-refractivity contribution in [2.24, 2.45) is 5.92 Å². The zero-order chi connectivity index (χ0) is 14.2. The Morgan fingerprint density at radius 3 is 2.70 bits per heavy atom. The predicted molar refractivity (Wildman–Crippen MR) is 88.0 cm³/mol. The van der Waals surface area contributed by atoms with E-state index in [1.165, 1.54) is 62.5 Å². The van der Waals surface area contributed by atoms with Crippen LogP contribution in [0.15, 0.2) is 24.3 Å². The minimum atomic E-state index is 0.553. The number of hydrogen-bond acceptors (Lipinski definition) is 1. The van der Waals surface area contributed by atoms with E-state index < -0.39 is 0 Å². The van der Waals surface area contributed by atoms with Gasteiger partial charge in [-0.05, 0) is 42.9 Å². The first-order valence-electron chi connectivity index (χ1n) is 8.65. The fraction of sp³-hybridized carbons (Fsp3) is 0.684. The summed E-state index contributed by atoms with van der Waals surface area (Å²) in [7, 11) is 0. The lowest BCUT2D eigenvalue weighted by atomic mass is 9.93. The maximum Gasteiger partial charge on any atom is 0.0320 e. The van der Waals surface area contributed by atoms with E-state index in [9.17, 15) is 0 Å². The van der Waals surface area contributed by atoms with Gasteiger partial charge in [0.15, 0.2) is 0 Å².